The second-order valence-electron chi connectivity index (χ2n) is 3.95. The van der Waals surface area contributed by atoms with Crippen molar-refractivity contribution in [1.82, 2.24) is 0 Å². The third-order valence-electron chi connectivity index (χ3n) is 2.84. The number of hydrogen-bond donors (Lipinski definition) is 0. The monoisotopic (exact) mass is 166 g/mol. The van der Waals surface area contributed by atoms with Crippen LogP contribution in [0.5, 0.6) is 0 Å². The van der Waals surface area contributed by atoms with Crippen molar-refractivity contribution in [2.45, 2.75) is 51.2 Å². The minimum Gasteiger partial charge on any atom is -0.303 e. The Morgan fingerprint density at radius 2 is 1.75 bits per heavy atom. The molecule has 68 valence electrons. The van der Waals surface area contributed by atoms with E-state index in [1.807, 2.05) is 0 Å². The van der Waals surface area contributed by atoms with Crippen LogP contribution in [0.25, 0.3) is 0 Å². The molecule has 0 radical (unpaired) electrons. The van der Waals surface area contributed by atoms with Crippen molar-refractivity contribution in [2.24, 2.45) is 5.92 Å². The predicted octanol–water partition coefficient (Wildman–Crippen LogP) is 2.43. The second-order valence-corrected chi connectivity index (χ2v) is 3.95. The molecule has 12 heavy (non-hydrogen) atoms. The quantitative estimate of drug-likeness (QED) is 0.431. The summed E-state index contributed by atoms with van der Waals surface area (Å²) in [6.07, 6.45) is 11.5. The van der Waals surface area contributed by atoms with Crippen LogP contribution in [0.4, 0.5) is 0 Å². The fourth-order valence-corrected chi connectivity index (χ4v) is 1.98. The van der Waals surface area contributed by atoms with Crippen molar-refractivity contribution < 1.29 is 4.79 Å². The van der Waals surface area contributed by atoms with Gasteiger partial charge in [0.25, 0.3) is 0 Å². The van der Waals surface area contributed by atoms with Crippen molar-refractivity contribution in [3.63, 3.8) is 0 Å². The summed E-state index contributed by atoms with van der Waals surface area (Å²) in [4.78, 5) is 10.6. The zero-order valence-corrected chi connectivity index (χ0v) is 7.93. The maximum atomic E-state index is 10.6. The molecule has 1 fully saturated rings. The molecule has 1 nitrogen and oxygen atoms in total. The summed E-state index contributed by atoms with van der Waals surface area (Å²) in [7, 11) is 1.38. The molecule has 0 aromatic heterocycles. The summed E-state index contributed by atoms with van der Waals surface area (Å²) in [6.45, 7) is 0. The van der Waals surface area contributed by atoms with Crippen LogP contribution < -0.4 is 0 Å². The van der Waals surface area contributed by atoms with Crippen LogP contribution in [0.15, 0.2) is 0 Å². The third kappa shape index (κ3) is 3.94. The summed E-state index contributed by atoms with van der Waals surface area (Å²) in [6, 6.07) is 0. The average Bonchev–Trinajstić information content (AvgIpc) is 2.14. The van der Waals surface area contributed by atoms with E-state index in [2.05, 4.69) is 0 Å². The fourth-order valence-electron chi connectivity index (χ4n) is 1.98. The number of rotatable bonds is 1. The zero-order valence-electron chi connectivity index (χ0n) is 7.93. The van der Waals surface area contributed by atoms with Crippen molar-refractivity contribution in [1.29, 1.82) is 0 Å². The Kier molecular flexibility index (Phi) is 5.13. The molecule has 1 aliphatic rings. The standard InChI is InChI=1S/C10H19BO/c12-9-10-5-2-1-3-7-11-8-4-6-10/h9-11H,1-8H2. The molecule has 1 heterocycles. The van der Waals surface area contributed by atoms with Gasteiger partial charge in [0.05, 0.1) is 0 Å². The van der Waals surface area contributed by atoms with Gasteiger partial charge in [-0.1, -0.05) is 38.3 Å². The smallest absolute Gasteiger partial charge is 0.123 e. The topological polar surface area (TPSA) is 17.1 Å². The van der Waals surface area contributed by atoms with Gasteiger partial charge < -0.3 is 4.79 Å². The van der Waals surface area contributed by atoms with E-state index < -0.39 is 0 Å². The highest BCUT2D eigenvalue weighted by molar-refractivity contribution is 6.35. The largest absolute Gasteiger partial charge is 0.303 e. The fraction of sp³-hybridized carbons (Fsp3) is 0.900. The molecule has 1 saturated heterocycles. The van der Waals surface area contributed by atoms with E-state index in [9.17, 15) is 4.79 Å². The molecule has 0 spiro atoms. The Labute approximate surface area is 76.2 Å². The van der Waals surface area contributed by atoms with E-state index >= 15 is 0 Å². The summed E-state index contributed by atoms with van der Waals surface area (Å²) in [5.41, 5.74) is 0. The van der Waals surface area contributed by atoms with Crippen molar-refractivity contribution in [3.05, 3.63) is 0 Å². The molecule has 1 unspecified atom stereocenters. The van der Waals surface area contributed by atoms with Gasteiger partial charge in [0.15, 0.2) is 0 Å². The van der Waals surface area contributed by atoms with Gasteiger partial charge >= 0.3 is 0 Å². The highest BCUT2D eigenvalue weighted by Gasteiger charge is 2.08. The SMILES string of the molecule is O=CC1CCCBCCCCC1. The first-order valence-electron chi connectivity index (χ1n) is 5.39. The average molecular weight is 166 g/mol. The van der Waals surface area contributed by atoms with Gasteiger partial charge in [0.1, 0.15) is 13.6 Å². The first kappa shape index (κ1) is 9.82. The van der Waals surface area contributed by atoms with Crippen molar-refractivity contribution in [3.8, 4) is 0 Å². The van der Waals surface area contributed by atoms with Crippen molar-refractivity contribution in [2.75, 3.05) is 0 Å². The van der Waals surface area contributed by atoms with Gasteiger partial charge in [-0.05, 0) is 12.8 Å². The molecule has 0 bridgehead atoms. The van der Waals surface area contributed by atoms with E-state index in [-0.39, 0.29) is 0 Å². The van der Waals surface area contributed by atoms with Gasteiger partial charge in [-0.15, -0.1) is 0 Å². The molecule has 0 aliphatic carbocycles. The van der Waals surface area contributed by atoms with E-state index in [0.29, 0.717) is 5.92 Å². The zero-order chi connectivity index (χ0) is 8.65. The van der Waals surface area contributed by atoms with Crippen LogP contribution in [0, 0.1) is 5.92 Å². The lowest BCUT2D eigenvalue weighted by Gasteiger charge is -2.11. The Morgan fingerprint density at radius 3 is 2.58 bits per heavy atom. The lowest BCUT2D eigenvalue weighted by atomic mass is 9.67. The van der Waals surface area contributed by atoms with Crippen LogP contribution in [0.2, 0.25) is 12.6 Å². The van der Waals surface area contributed by atoms with Gasteiger partial charge in [-0.3, -0.25) is 0 Å². The van der Waals surface area contributed by atoms with Crippen molar-refractivity contribution >= 4 is 13.6 Å². The Balaban J connectivity index is 2.21. The Bertz CT molecular complexity index is 115. The third-order valence-corrected chi connectivity index (χ3v) is 2.84. The first-order valence-corrected chi connectivity index (χ1v) is 5.39. The summed E-state index contributed by atoms with van der Waals surface area (Å²) < 4.78 is 0. The van der Waals surface area contributed by atoms with Gasteiger partial charge in [-0.25, -0.2) is 0 Å². The second kappa shape index (κ2) is 6.27. The van der Waals surface area contributed by atoms with E-state index in [4.69, 9.17) is 0 Å². The molecule has 0 aromatic rings. The van der Waals surface area contributed by atoms with Gasteiger partial charge in [0, 0.05) is 5.92 Å². The molecular formula is C10H19BO. The molecule has 0 N–H and O–H groups in total. The van der Waals surface area contributed by atoms with E-state index in [1.54, 1.807) is 0 Å². The van der Waals surface area contributed by atoms with Gasteiger partial charge in [0.2, 0.25) is 0 Å². The highest BCUT2D eigenvalue weighted by Crippen LogP contribution is 2.17. The normalized spacial score (nSPS) is 27.2. The Morgan fingerprint density at radius 1 is 1.00 bits per heavy atom. The maximum absolute atomic E-state index is 10.6. The van der Waals surface area contributed by atoms with Gasteiger partial charge in [-0.2, -0.15) is 0 Å². The number of hydrogen-bond acceptors (Lipinski definition) is 1. The predicted molar refractivity (Wildman–Crippen MR) is 54.0 cm³/mol. The molecule has 0 saturated carbocycles. The van der Waals surface area contributed by atoms with Crippen LogP contribution in [-0.4, -0.2) is 13.6 Å². The summed E-state index contributed by atoms with van der Waals surface area (Å²) in [5, 5.41) is 0. The lowest BCUT2D eigenvalue weighted by Crippen LogP contribution is -2.04. The Hall–Kier alpha value is -0.265. The van der Waals surface area contributed by atoms with E-state index in [1.165, 1.54) is 51.9 Å². The van der Waals surface area contributed by atoms with Crippen LogP contribution in [-0.2, 0) is 4.79 Å². The molecular weight excluding hydrogens is 147 g/mol. The molecule has 1 atom stereocenters. The van der Waals surface area contributed by atoms with E-state index in [0.717, 1.165) is 12.8 Å². The first-order chi connectivity index (χ1) is 5.93. The van der Waals surface area contributed by atoms with Crippen LogP contribution in [0.1, 0.15) is 38.5 Å². The molecule has 1 rings (SSSR count). The van der Waals surface area contributed by atoms with Crippen LogP contribution in [0.3, 0.4) is 0 Å². The molecule has 1 aliphatic heterocycles. The number of aldehydes is 1. The highest BCUT2D eigenvalue weighted by atomic mass is 16.1. The molecule has 0 aromatic carbocycles. The maximum Gasteiger partial charge on any atom is 0.123 e. The minimum atomic E-state index is 0.378. The molecule has 0 amide bonds. The van der Waals surface area contributed by atoms with Crippen LogP contribution >= 0.6 is 0 Å². The number of carbonyl (C=O) groups is 1. The summed E-state index contributed by atoms with van der Waals surface area (Å²) in [5.74, 6) is 0.378. The minimum absolute atomic E-state index is 0.378. The summed E-state index contributed by atoms with van der Waals surface area (Å²) >= 11 is 0. The molecule has 2 heteroatoms. The lowest BCUT2D eigenvalue weighted by molar-refractivity contribution is -0.111. The number of carbonyl (C=O) groups excluding carboxylic acids is 1.